The highest BCUT2D eigenvalue weighted by atomic mass is 32.2. The van der Waals surface area contributed by atoms with Gasteiger partial charge in [0.25, 0.3) is 0 Å². The quantitative estimate of drug-likeness (QED) is 0.316. The molecule has 0 radical (unpaired) electrons. The van der Waals surface area contributed by atoms with Crippen LogP contribution in [0.4, 0.5) is 0 Å². The van der Waals surface area contributed by atoms with E-state index in [4.69, 9.17) is 4.74 Å². The number of thioether (sulfide) groups is 1. The first kappa shape index (κ1) is 19.2. The highest BCUT2D eigenvalue weighted by Crippen LogP contribution is 2.60. The Morgan fingerprint density at radius 3 is 2.34 bits per heavy atom. The molecule has 1 heterocycles. The van der Waals surface area contributed by atoms with E-state index in [1.54, 1.807) is 23.4 Å². The number of hydrogen-bond donors (Lipinski definition) is 0. The van der Waals surface area contributed by atoms with E-state index < -0.39 is 0 Å². The van der Waals surface area contributed by atoms with E-state index in [0.717, 1.165) is 34.4 Å². The Labute approximate surface area is 178 Å². The molecular formula is C25H30N2OS. The van der Waals surface area contributed by atoms with Gasteiger partial charge in [-0.05, 0) is 79.7 Å². The van der Waals surface area contributed by atoms with Crippen molar-refractivity contribution in [2.75, 3.05) is 6.61 Å². The minimum atomic E-state index is 0.465. The molecule has 6 rings (SSSR count). The zero-order valence-electron chi connectivity index (χ0n) is 17.3. The molecule has 4 aliphatic carbocycles. The van der Waals surface area contributed by atoms with Crippen LogP contribution in [0, 0.1) is 24.7 Å². The third-order valence-electron chi connectivity index (χ3n) is 7.13. The van der Waals surface area contributed by atoms with Crippen molar-refractivity contribution < 1.29 is 4.74 Å². The van der Waals surface area contributed by atoms with Gasteiger partial charge in [-0.2, -0.15) is 4.98 Å². The van der Waals surface area contributed by atoms with Crippen LogP contribution in [-0.4, -0.2) is 16.6 Å². The lowest BCUT2D eigenvalue weighted by Crippen LogP contribution is -2.48. The first-order valence-corrected chi connectivity index (χ1v) is 11.9. The lowest BCUT2D eigenvalue weighted by molar-refractivity contribution is -0.00519. The molecule has 152 valence electrons. The second kappa shape index (κ2) is 7.79. The number of rotatable bonds is 7. The molecule has 0 saturated heterocycles. The van der Waals surface area contributed by atoms with Crippen molar-refractivity contribution in [2.24, 2.45) is 17.8 Å². The fraction of sp³-hybridized carbons (Fsp3) is 0.520. The molecule has 4 bridgehead atoms. The summed E-state index contributed by atoms with van der Waals surface area (Å²) in [7, 11) is 0. The minimum absolute atomic E-state index is 0.465. The molecule has 0 unspecified atom stereocenters. The number of nitrogens with zero attached hydrogens (tertiary/aromatic N) is 2. The highest BCUT2D eigenvalue weighted by molar-refractivity contribution is 7.98. The molecular weight excluding hydrogens is 376 g/mol. The molecule has 0 spiro atoms. The van der Waals surface area contributed by atoms with Gasteiger partial charge in [0, 0.05) is 17.5 Å². The monoisotopic (exact) mass is 406 g/mol. The summed E-state index contributed by atoms with van der Waals surface area (Å²) in [6.45, 7) is 6.13. The SMILES string of the molecule is C=CCOc1cc(C)nc(SCc2ccc(C34CC5CC(CC(C5)C3)C4)cc2)n1. The Morgan fingerprint density at radius 1 is 1.07 bits per heavy atom. The van der Waals surface area contributed by atoms with Crippen molar-refractivity contribution in [3.8, 4) is 5.88 Å². The lowest BCUT2D eigenvalue weighted by Gasteiger charge is -2.57. The normalized spacial score (nSPS) is 29.8. The molecule has 1 aromatic carbocycles. The van der Waals surface area contributed by atoms with E-state index in [1.807, 2.05) is 13.0 Å². The summed E-state index contributed by atoms with van der Waals surface area (Å²) in [5.41, 5.74) is 4.34. The molecule has 0 amide bonds. The molecule has 2 aromatic rings. The maximum absolute atomic E-state index is 5.58. The van der Waals surface area contributed by atoms with E-state index in [0.29, 0.717) is 17.9 Å². The van der Waals surface area contributed by atoms with Crippen molar-refractivity contribution in [2.45, 2.75) is 61.8 Å². The van der Waals surface area contributed by atoms with Crippen LogP contribution in [-0.2, 0) is 11.2 Å². The van der Waals surface area contributed by atoms with E-state index >= 15 is 0 Å². The van der Waals surface area contributed by atoms with Gasteiger partial charge in [0.1, 0.15) is 6.61 Å². The van der Waals surface area contributed by atoms with Gasteiger partial charge in [-0.3, -0.25) is 0 Å². The predicted octanol–water partition coefficient (Wildman–Crippen LogP) is 6.11. The Bertz CT molecular complexity index is 857. The summed E-state index contributed by atoms with van der Waals surface area (Å²) in [4.78, 5) is 9.06. The Hall–Kier alpha value is -1.81. The van der Waals surface area contributed by atoms with Gasteiger partial charge in [0.15, 0.2) is 5.16 Å². The molecule has 0 N–H and O–H groups in total. The fourth-order valence-corrected chi connectivity index (χ4v) is 7.21. The van der Waals surface area contributed by atoms with Crippen LogP contribution in [0.15, 0.2) is 48.1 Å². The minimum Gasteiger partial charge on any atom is -0.473 e. The van der Waals surface area contributed by atoms with Gasteiger partial charge < -0.3 is 4.74 Å². The number of benzene rings is 1. The molecule has 3 nitrogen and oxygen atoms in total. The zero-order chi connectivity index (χ0) is 19.8. The number of hydrogen-bond acceptors (Lipinski definition) is 4. The van der Waals surface area contributed by atoms with Crippen LogP contribution in [0.5, 0.6) is 5.88 Å². The average molecular weight is 407 g/mol. The third-order valence-corrected chi connectivity index (χ3v) is 8.05. The number of ether oxygens (including phenoxy) is 1. The second-order valence-electron chi connectivity index (χ2n) is 9.41. The summed E-state index contributed by atoms with van der Waals surface area (Å²) in [6, 6.07) is 11.4. The van der Waals surface area contributed by atoms with Crippen LogP contribution < -0.4 is 4.74 Å². The van der Waals surface area contributed by atoms with E-state index in [1.165, 1.54) is 44.1 Å². The zero-order valence-corrected chi connectivity index (χ0v) is 18.1. The third kappa shape index (κ3) is 3.96. The van der Waals surface area contributed by atoms with Gasteiger partial charge in [-0.15, -0.1) is 0 Å². The molecule has 4 saturated carbocycles. The van der Waals surface area contributed by atoms with Gasteiger partial charge in [0.05, 0.1) is 0 Å². The van der Waals surface area contributed by atoms with Crippen LogP contribution in [0.25, 0.3) is 0 Å². The topological polar surface area (TPSA) is 35.0 Å². The summed E-state index contributed by atoms with van der Waals surface area (Å²) in [5.74, 6) is 4.48. The van der Waals surface area contributed by atoms with Crippen molar-refractivity contribution in [3.05, 3.63) is 59.8 Å². The van der Waals surface area contributed by atoms with Crippen LogP contribution in [0.1, 0.15) is 55.3 Å². The molecule has 4 fully saturated rings. The number of aromatic nitrogens is 2. The maximum atomic E-state index is 5.58. The van der Waals surface area contributed by atoms with Gasteiger partial charge in [-0.1, -0.05) is 48.7 Å². The summed E-state index contributed by atoms with van der Waals surface area (Å²) >= 11 is 1.67. The predicted molar refractivity (Wildman–Crippen MR) is 118 cm³/mol. The van der Waals surface area contributed by atoms with E-state index in [2.05, 4.69) is 40.8 Å². The first-order valence-electron chi connectivity index (χ1n) is 10.9. The smallest absolute Gasteiger partial charge is 0.217 e. The Morgan fingerprint density at radius 2 is 1.72 bits per heavy atom. The Balaban J connectivity index is 1.26. The highest BCUT2D eigenvalue weighted by Gasteiger charge is 2.51. The molecule has 29 heavy (non-hydrogen) atoms. The standard InChI is InChI=1S/C25H30N2OS/c1-3-8-28-23-9-17(2)26-24(27-23)29-16-18-4-6-22(7-5-18)25-13-19-10-20(14-25)12-21(11-19)15-25/h3-7,9,19-21H,1,8,10-16H2,2H3. The average Bonchev–Trinajstić information content (AvgIpc) is 2.70. The van der Waals surface area contributed by atoms with Crippen LogP contribution in [0.3, 0.4) is 0 Å². The molecule has 4 heteroatoms. The van der Waals surface area contributed by atoms with Crippen LogP contribution in [0.2, 0.25) is 0 Å². The number of aryl methyl sites for hydroxylation is 1. The van der Waals surface area contributed by atoms with E-state index in [-0.39, 0.29) is 0 Å². The molecule has 0 atom stereocenters. The molecule has 1 aromatic heterocycles. The Kier molecular flexibility index (Phi) is 5.15. The lowest BCUT2D eigenvalue weighted by atomic mass is 9.48. The van der Waals surface area contributed by atoms with Crippen molar-refractivity contribution in [3.63, 3.8) is 0 Å². The summed E-state index contributed by atoms with van der Waals surface area (Å²) < 4.78 is 5.58. The maximum Gasteiger partial charge on any atom is 0.217 e. The van der Waals surface area contributed by atoms with Crippen LogP contribution >= 0.6 is 11.8 Å². The van der Waals surface area contributed by atoms with Gasteiger partial charge >= 0.3 is 0 Å². The van der Waals surface area contributed by atoms with Crippen molar-refractivity contribution in [1.82, 2.24) is 9.97 Å². The molecule has 4 aliphatic rings. The van der Waals surface area contributed by atoms with Gasteiger partial charge in [0.2, 0.25) is 5.88 Å². The van der Waals surface area contributed by atoms with Crippen molar-refractivity contribution in [1.29, 1.82) is 0 Å². The van der Waals surface area contributed by atoms with E-state index in [9.17, 15) is 0 Å². The van der Waals surface area contributed by atoms with Gasteiger partial charge in [-0.25, -0.2) is 4.98 Å². The first-order chi connectivity index (χ1) is 14.1. The second-order valence-corrected chi connectivity index (χ2v) is 10.4. The fourth-order valence-electron chi connectivity index (χ4n) is 6.36. The summed E-state index contributed by atoms with van der Waals surface area (Å²) in [6.07, 6.45) is 10.5. The summed E-state index contributed by atoms with van der Waals surface area (Å²) in [5, 5.41) is 0.772. The molecule has 0 aliphatic heterocycles. The van der Waals surface area contributed by atoms with Crippen molar-refractivity contribution >= 4 is 11.8 Å². The largest absolute Gasteiger partial charge is 0.473 e.